The van der Waals surface area contributed by atoms with Gasteiger partial charge < -0.3 is 20.5 Å². The first-order valence-electron chi connectivity index (χ1n) is 6.51. The van der Waals surface area contributed by atoms with Crippen LogP contribution in [0.4, 0.5) is 5.82 Å². The highest BCUT2D eigenvalue weighted by Gasteiger charge is 2.43. The predicted octanol–water partition coefficient (Wildman–Crippen LogP) is 0.634. The van der Waals surface area contributed by atoms with E-state index in [9.17, 15) is 5.11 Å². The molecule has 1 fully saturated rings. The van der Waals surface area contributed by atoms with E-state index in [1.807, 2.05) is 6.20 Å². The second-order valence-corrected chi connectivity index (χ2v) is 5.32. The average Bonchev–Trinajstić information content (AvgIpc) is 2.75. The van der Waals surface area contributed by atoms with E-state index in [4.69, 9.17) is 10.8 Å². The number of aliphatic hydroxyl groups is 2. The Morgan fingerprint density at radius 1 is 1.47 bits per heavy atom. The molecule has 0 spiro atoms. The molecule has 0 atom stereocenters. The van der Waals surface area contributed by atoms with Gasteiger partial charge in [-0.25, -0.2) is 9.97 Å². The van der Waals surface area contributed by atoms with E-state index < -0.39 is 5.60 Å². The molecule has 6 heteroatoms. The van der Waals surface area contributed by atoms with Gasteiger partial charge in [0.1, 0.15) is 17.8 Å². The lowest BCUT2D eigenvalue weighted by Crippen LogP contribution is -2.47. The number of hydrogen-bond donors (Lipinski definition) is 3. The first-order valence-corrected chi connectivity index (χ1v) is 6.51. The largest absolute Gasteiger partial charge is 0.393 e. The van der Waals surface area contributed by atoms with Crippen molar-refractivity contribution in [3.05, 3.63) is 18.1 Å². The Hall–Kier alpha value is -1.66. The Morgan fingerprint density at radius 2 is 2.21 bits per heavy atom. The van der Waals surface area contributed by atoms with Crippen molar-refractivity contribution in [1.82, 2.24) is 14.5 Å². The number of aryl methyl sites for hydroxylation is 1. The van der Waals surface area contributed by atoms with Gasteiger partial charge >= 0.3 is 0 Å². The van der Waals surface area contributed by atoms with E-state index in [1.165, 1.54) is 6.33 Å². The highest BCUT2D eigenvalue weighted by molar-refractivity contribution is 5.89. The molecule has 102 valence electrons. The van der Waals surface area contributed by atoms with Gasteiger partial charge in [0.2, 0.25) is 0 Å². The first kappa shape index (κ1) is 12.4. The van der Waals surface area contributed by atoms with Crippen molar-refractivity contribution in [3.8, 4) is 0 Å². The van der Waals surface area contributed by atoms with Crippen molar-refractivity contribution in [2.24, 2.45) is 0 Å². The minimum Gasteiger partial charge on any atom is -0.393 e. The van der Waals surface area contributed by atoms with Gasteiger partial charge in [-0.15, -0.1) is 0 Å². The quantitative estimate of drug-likeness (QED) is 0.754. The van der Waals surface area contributed by atoms with E-state index in [0.29, 0.717) is 18.7 Å². The molecule has 0 bridgehead atoms. The molecule has 6 nitrogen and oxygen atoms in total. The third-order valence-corrected chi connectivity index (χ3v) is 4.02. The van der Waals surface area contributed by atoms with Gasteiger partial charge in [0.15, 0.2) is 0 Å². The number of aliphatic hydroxyl groups excluding tert-OH is 1. The second kappa shape index (κ2) is 4.18. The summed E-state index contributed by atoms with van der Waals surface area (Å²) in [5, 5.41) is 19.9. The molecule has 0 amide bonds. The Morgan fingerprint density at radius 3 is 2.84 bits per heavy atom. The summed E-state index contributed by atoms with van der Waals surface area (Å²) in [4.78, 5) is 8.36. The summed E-state index contributed by atoms with van der Waals surface area (Å²) in [6, 6.07) is 0.161. The van der Waals surface area contributed by atoms with E-state index in [1.54, 1.807) is 0 Å². The minimum atomic E-state index is -0.938. The smallest absolute Gasteiger partial charge is 0.146 e. The fourth-order valence-corrected chi connectivity index (χ4v) is 2.88. The summed E-state index contributed by atoms with van der Waals surface area (Å²) >= 11 is 0. The van der Waals surface area contributed by atoms with Crippen molar-refractivity contribution in [1.29, 1.82) is 0 Å². The third kappa shape index (κ3) is 1.79. The molecule has 2 heterocycles. The maximum absolute atomic E-state index is 9.92. The van der Waals surface area contributed by atoms with Crippen molar-refractivity contribution in [3.63, 3.8) is 0 Å². The molecule has 0 radical (unpaired) electrons. The Balaban J connectivity index is 2.04. The Labute approximate surface area is 110 Å². The number of nitrogens with zero attached hydrogens (tertiary/aromatic N) is 3. The molecule has 4 N–H and O–H groups in total. The normalized spacial score (nSPS) is 26.6. The lowest BCUT2D eigenvalue weighted by Gasteiger charge is -2.43. The maximum Gasteiger partial charge on any atom is 0.146 e. The standard InChI is InChI=1S/C13H18N4O2/c1-2-8-5-17(9-3-13(19,4-9)6-18)12-10(8)11(14)15-7-16-12/h5,7,9,18-19H,2-4,6H2,1H3,(H2,14,15,16). The fraction of sp³-hybridized carbons (Fsp3) is 0.538. The lowest BCUT2D eigenvalue weighted by molar-refractivity contribution is -0.101. The highest BCUT2D eigenvalue weighted by Crippen LogP contribution is 2.43. The van der Waals surface area contributed by atoms with Crippen LogP contribution >= 0.6 is 0 Å². The van der Waals surface area contributed by atoms with E-state index in [-0.39, 0.29) is 12.6 Å². The van der Waals surface area contributed by atoms with Crippen LogP contribution in [0.5, 0.6) is 0 Å². The molecule has 3 rings (SSSR count). The van der Waals surface area contributed by atoms with Crippen LogP contribution < -0.4 is 5.73 Å². The number of fused-ring (bicyclic) bond motifs is 1. The third-order valence-electron chi connectivity index (χ3n) is 4.02. The van der Waals surface area contributed by atoms with Gasteiger partial charge in [0.25, 0.3) is 0 Å². The van der Waals surface area contributed by atoms with E-state index in [2.05, 4.69) is 21.5 Å². The fourth-order valence-electron chi connectivity index (χ4n) is 2.88. The molecule has 1 aliphatic rings. The zero-order chi connectivity index (χ0) is 13.6. The highest BCUT2D eigenvalue weighted by atomic mass is 16.3. The van der Waals surface area contributed by atoms with E-state index in [0.717, 1.165) is 23.0 Å². The zero-order valence-corrected chi connectivity index (χ0v) is 10.9. The van der Waals surface area contributed by atoms with Crippen LogP contribution in [-0.2, 0) is 6.42 Å². The number of nitrogen functional groups attached to an aromatic ring is 1. The van der Waals surface area contributed by atoms with Crippen LogP contribution in [0.1, 0.15) is 31.4 Å². The molecular formula is C13H18N4O2. The van der Waals surface area contributed by atoms with Crippen molar-refractivity contribution in [2.75, 3.05) is 12.3 Å². The van der Waals surface area contributed by atoms with Crippen LogP contribution in [-0.4, -0.2) is 37.0 Å². The molecule has 2 aromatic rings. The van der Waals surface area contributed by atoms with Gasteiger partial charge in [-0.3, -0.25) is 0 Å². The Bertz CT molecular complexity index is 616. The molecule has 19 heavy (non-hydrogen) atoms. The minimum absolute atomic E-state index is 0.161. The number of rotatable bonds is 3. The topological polar surface area (TPSA) is 97.2 Å². The molecule has 0 aliphatic heterocycles. The van der Waals surface area contributed by atoms with Gasteiger partial charge in [0.05, 0.1) is 17.6 Å². The summed E-state index contributed by atoms with van der Waals surface area (Å²) in [6.45, 7) is 1.87. The number of hydrogen-bond acceptors (Lipinski definition) is 5. The van der Waals surface area contributed by atoms with Crippen LogP contribution in [0.15, 0.2) is 12.5 Å². The second-order valence-electron chi connectivity index (χ2n) is 5.32. The number of aromatic nitrogens is 3. The Kier molecular flexibility index (Phi) is 2.72. The molecule has 0 unspecified atom stereocenters. The average molecular weight is 262 g/mol. The van der Waals surface area contributed by atoms with Crippen LogP contribution in [0.3, 0.4) is 0 Å². The summed E-state index contributed by atoms with van der Waals surface area (Å²) in [5.41, 5.74) is 6.93. The van der Waals surface area contributed by atoms with Gasteiger partial charge in [-0.1, -0.05) is 6.92 Å². The summed E-state index contributed by atoms with van der Waals surface area (Å²) in [5.74, 6) is 0.498. The van der Waals surface area contributed by atoms with Crippen molar-refractivity contribution >= 4 is 16.9 Å². The molecular weight excluding hydrogens is 244 g/mol. The van der Waals surface area contributed by atoms with E-state index >= 15 is 0 Å². The molecule has 0 aromatic carbocycles. The van der Waals surface area contributed by atoms with Crippen LogP contribution in [0.25, 0.3) is 11.0 Å². The number of anilines is 1. The molecule has 1 saturated carbocycles. The van der Waals surface area contributed by atoms with Gasteiger partial charge in [-0.05, 0) is 24.8 Å². The summed E-state index contributed by atoms with van der Waals surface area (Å²) in [7, 11) is 0. The van der Waals surface area contributed by atoms with Crippen LogP contribution in [0.2, 0.25) is 0 Å². The van der Waals surface area contributed by atoms with Gasteiger partial charge in [0, 0.05) is 12.2 Å². The predicted molar refractivity (Wildman–Crippen MR) is 71.6 cm³/mol. The summed E-state index contributed by atoms with van der Waals surface area (Å²) < 4.78 is 2.05. The zero-order valence-electron chi connectivity index (χ0n) is 10.9. The summed E-state index contributed by atoms with van der Waals surface area (Å²) in [6.07, 6.45) is 5.45. The first-order chi connectivity index (χ1) is 9.08. The number of nitrogens with two attached hydrogens (primary N) is 1. The molecule has 1 aliphatic carbocycles. The maximum atomic E-state index is 9.92. The van der Waals surface area contributed by atoms with Crippen molar-refractivity contribution in [2.45, 2.75) is 37.8 Å². The lowest BCUT2D eigenvalue weighted by atomic mass is 9.76. The molecule has 0 saturated heterocycles. The molecule has 2 aromatic heterocycles. The van der Waals surface area contributed by atoms with Crippen LogP contribution in [0, 0.1) is 0 Å². The van der Waals surface area contributed by atoms with Gasteiger partial charge in [-0.2, -0.15) is 0 Å². The monoisotopic (exact) mass is 262 g/mol. The van der Waals surface area contributed by atoms with Crippen molar-refractivity contribution < 1.29 is 10.2 Å². The SMILES string of the molecule is CCc1cn(C2CC(O)(CO)C2)c2ncnc(N)c12.